The van der Waals surface area contributed by atoms with Crippen molar-refractivity contribution in [2.75, 3.05) is 6.54 Å². The van der Waals surface area contributed by atoms with Crippen LogP contribution in [0.5, 0.6) is 0 Å². The van der Waals surface area contributed by atoms with Crippen LogP contribution in [0.3, 0.4) is 0 Å². The minimum absolute atomic E-state index is 0.203. The molecule has 2 aliphatic rings. The Morgan fingerprint density at radius 2 is 2.06 bits per heavy atom. The summed E-state index contributed by atoms with van der Waals surface area (Å²) in [7, 11) is -3.19. The van der Waals surface area contributed by atoms with Crippen LogP contribution in [0.25, 0.3) is 0 Å². The molecule has 4 heteroatoms. The molecular weight excluding hydrogens is 246 g/mol. The highest BCUT2D eigenvalue weighted by atomic mass is 32.2. The third-order valence-electron chi connectivity index (χ3n) is 4.15. The first-order chi connectivity index (χ1) is 8.51. The molecule has 0 spiro atoms. The molecule has 3 nitrogen and oxygen atoms in total. The summed E-state index contributed by atoms with van der Waals surface area (Å²) < 4.78 is 24.7. The molecule has 0 N–H and O–H groups in total. The van der Waals surface area contributed by atoms with E-state index in [4.69, 9.17) is 0 Å². The molecule has 0 aromatic carbocycles. The molecule has 0 saturated heterocycles. The van der Waals surface area contributed by atoms with Gasteiger partial charge in [0.25, 0.3) is 0 Å². The smallest absolute Gasteiger partial charge is 0.199 e. The van der Waals surface area contributed by atoms with Gasteiger partial charge in [-0.3, -0.25) is 0 Å². The van der Waals surface area contributed by atoms with Gasteiger partial charge >= 0.3 is 0 Å². The quantitative estimate of drug-likeness (QED) is 0.772. The van der Waals surface area contributed by atoms with Crippen LogP contribution in [0, 0.1) is 11.8 Å². The topological polar surface area (TPSA) is 37.4 Å². The lowest BCUT2D eigenvalue weighted by molar-refractivity contribution is 0.404. The second kappa shape index (κ2) is 5.08. The fraction of sp³-hybridized carbons (Fsp3) is 0.714. The second-order valence-electron chi connectivity index (χ2n) is 5.30. The average molecular weight is 269 g/mol. The molecule has 0 saturated carbocycles. The maximum Gasteiger partial charge on any atom is 0.199 e. The van der Waals surface area contributed by atoms with E-state index in [1.165, 1.54) is 5.41 Å². The van der Waals surface area contributed by atoms with Gasteiger partial charge in [0, 0.05) is 18.4 Å². The highest BCUT2D eigenvalue weighted by Crippen LogP contribution is 2.41. The minimum atomic E-state index is -3.19. The molecule has 0 fully saturated rings. The van der Waals surface area contributed by atoms with Crippen molar-refractivity contribution in [2.24, 2.45) is 11.8 Å². The fourth-order valence-corrected chi connectivity index (χ4v) is 4.98. The van der Waals surface area contributed by atoms with Crippen LogP contribution in [0.15, 0.2) is 22.2 Å². The average Bonchev–Trinajstić information content (AvgIpc) is 2.50. The number of hydrogen-bond donors (Lipinski definition) is 0. The zero-order valence-electron chi connectivity index (χ0n) is 11.5. The lowest BCUT2D eigenvalue weighted by Crippen LogP contribution is -2.29. The number of hydrogen-bond acceptors (Lipinski definition) is 3. The van der Waals surface area contributed by atoms with Gasteiger partial charge in [0.1, 0.15) is 0 Å². The summed E-state index contributed by atoms with van der Waals surface area (Å²) in [6.07, 6.45) is 5.87. The maximum atomic E-state index is 12.4. The SMILES string of the molecule is CCC1CCCC(C)C2=C1S(=O)(=O)C=CN2CC. The highest BCUT2D eigenvalue weighted by Gasteiger charge is 2.35. The second-order valence-corrected chi connectivity index (χ2v) is 7.10. The molecule has 1 aliphatic heterocycles. The third kappa shape index (κ3) is 2.22. The third-order valence-corrected chi connectivity index (χ3v) is 5.78. The zero-order valence-corrected chi connectivity index (χ0v) is 12.3. The molecule has 0 aromatic heterocycles. The standard InChI is InChI=1S/C14H23NO2S/c1-4-12-8-6-7-11(3)13-14(12)18(16,17)10-9-15(13)5-2/h9-12H,4-8H2,1-3H3. The van der Waals surface area contributed by atoms with Crippen molar-refractivity contribution in [3.05, 3.63) is 22.2 Å². The van der Waals surface area contributed by atoms with E-state index in [1.54, 1.807) is 6.20 Å². The Kier molecular flexibility index (Phi) is 3.85. The molecule has 102 valence electrons. The van der Waals surface area contributed by atoms with Crippen molar-refractivity contribution in [3.8, 4) is 0 Å². The summed E-state index contributed by atoms with van der Waals surface area (Å²) in [6.45, 7) is 7.16. The zero-order chi connectivity index (χ0) is 13.3. The van der Waals surface area contributed by atoms with E-state index in [0.29, 0.717) is 10.8 Å². The number of rotatable bonds is 2. The fourth-order valence-electron chi connectivity index (χ4n) is 3.17. The van der Waals surface area contributed by atoms with E-state index in [2.05, 4.69) is 25.7 Å². The lowest BCUT2D eigenvalue weighted by Gasteiger charge is -2.32. The van der Waals surface area contributed by atoms with E-state index in [1.807, 2.05) is 0 Å². The Labute approximate surface area is 110 Å². The Bertz CT molecular complexity index is 476. The van der Waals surface area contributed by atoms with Crippen molar-refractivity contribution >= 4 is 9.84 Å². The number of allylic oxidation sites excluding steroid dienone is 2. The van der Waals surface area contributed by atoms with Gasteiger partial charge in [0.15, 0.2) is 9.84 Å². The van der Waals surface area contributed by atoms with Crippen molar-refractivity contribution < 1.29 is 8.42 Å². The first-order valence-corrected chi connectivity index (χ1v) is 8.49. The lowest BCUT2D eigenvalue weighted by atomic mass is 10.0. The van der Waals surface area contributed by atoms with Crippen molar-refractivity contribution in [2.45, 2.75) is 46.5 Å². The predicted octanol–water partition coefficient (Wildman–Crippen LogP) is 3.27. The first-order valence-electron chi connectivity index (χ1n) is 6.95. The summed E-state index contributed by atoms with van der Waals surface area (Å²) in [5.41, 5.74) is 1.06. The Hall–Kier alpha value is -0.770. The monoisotopic (exact) mass is 269 g/mol. The predicted molar refractivity (Wildman–Crippen MR) is 74.3 cm³/mol. The highest BCUT2D eigenvalue weighted by molar-refractivity contribution is 7.98. The van der Waals surface area contributed by atoms with Gasteiger partial charge < -0.3 is 4.90 Å². The molecule has 0 bridgehead atoms. The molecule has 0 aromatic rings. The largest absolute Gasteiger partial charge is 0.350 e. The Morgan fingerprint density at radius 3 is 2.67 bits per heavy atom. The van der Waals surface area contributed by atoms with Crippen LogP contribution >= 0.6 is 0 Å². The molecule has 0 radical (unpaired) electrons. The van der Waals surface area contributed by atoms with E-state index < -0.39 is 9.84 Å². The molecule has 18 heavy (non-hydrogen) atoms. The Balaban J connectivity index is 2.60. The number of sulfone groups is 1. The molecule has 1 aliphatic carbocycles. The van der Waals surface area contributed by atoms with Crippen molar-refractivity contribution in [1.82, 2.24) is 4.90 Å². The summed E-state index contributed by atoms with van der Waals surface area (Å²) in [6, 6.07) is 0. The molecule has 0 amide bonds. The van der Waals surface area contributed by atoms with E-state index in [-0.39, 0.29) is 5.92 Å². The minimum Gasteiger partial charge on any atom is -0.350 e. The summed E-state index contributed by atoms with van der Waals surface area (Å²) in [5.74, 6) is 0.546. The van der Waals surface area contributed by atoms with Crippen LogP contribution in [0.1, 0.15) is 46.5 Å². The van der Waals surface area contributed by atoms with Gasteiger partial charge in [0.2, 0.25) is 0 Å². The molecule has 2 rings (SSSR count). The van der Waals surface area contributed by atoms with Gasteiger partial charge in [-0.05, 0) is 38.0 Å². The van der Waals surface area contributed by atoms with Gasteiger partial charge in [0.05, 0.1) is 10.3 Å². The summed E-state index contributed by atoms with van der Waals surface area (Å²) >= 11 is 0. The number of nitrogens with zero attached hydrogens (tertiary/aromatic N) is 1. The van der Waals surface area contributed by atoms with Crippen LogP contribution < -0.4 is 0 Å². The van der Waals surface area contributed by atoms with Gasteiger partial charge in [-0.25, -0.2) is 8.42 Å². The van der Waals surface area contributed by atoms with Crippen molar-refractivity contribution in [1.29, 1.82) is 0 Å². The van der Waals surface area contributed by atoms with E-state index in [0.717, 1.165) is 37.9 Å². The van der Waals surface area contributed by atoms with Crippen LogP contribution in [0.4, 0.5) is 0 Å². The molecular formula is C14H23NO2S. The van der Waals surface area contributed by atoms with Crippen LogP contribution in [0.2, 0.25) is 0 Å². The van der Waals surface area contributed by atoms with Crippen molar-refractivity contribution in [3.63, 3.8) is 0 Å². The van der Waals surface area contributed by atoms with Gasteiger partial charge in [-0.1, -0.05) is 20.3 Å². The van der Waals surface area contributed by atoms with E-state index >= 15 is 0 Å². The normalized spacial score (nSPS) is 31.2. The van der Waals surface area contributed by atoms with Gasteiger partial charge in [-0.2, -0.15) is 0 Å². The van der Waals surface area contributed by atoms with Crippen LogP contribution in [-0.2, 0) is 9.84 Å². The molecule has 2 unspecified atom stereocenters. The Morgan fingerprint density at radius 1 is 1.33 bits per heavy atom. The van der Waals surface area contributed by atoms with Gasteiger partial charge in [-0.15, -0.1) is 0 Å². The maximum absolute atomic E-state index is 12.4. The summed E-state index contributed by atoms with van der Waals surface area (Å²) in [5, 5.41) is 1.38. The molecule has 2 atom stereocenters. The molecule has 1 heterocycles. The first kappa shape index (κ1) is 13.7. The van der Waals surface area contributed by atoms with E-state index in [9.17, 15) is 8.42 Å². The summed E-state index contributed by atoms with van der Waals surface area (Å²) in [4.78, 5) is 2.83. The van der Waals surface area contributed by atoms with Crippen LogP contribution in [-0.4, -0.2) is 19.9 Å².